The summed E-state index contributed by atoms with van der Waals surface area (Å²) < 4.78 is 5.33. The number of piperazine rings is 1. The van der Waals surface area contributed by atoms with Crippen LogP contribution in [0.5, 0.6) is 5.75 Å². The van der Waals surface area contributed by atoms with Gasteiger partial charge in [0.15, 0.2) is 0 Å². The lowest BCUT2D eigenvalue weighted by Gasteiger charge is -2.34. The highest BCUT2D eigenvalue weighted by atomic mass is 16.5. The largest absolute Gasteiger partial charge is 0.495 e. The Kier molecular flexibility index (Phi) is 5.93. The van der Waals surface area contributed by atoms with Crippen molar-refractivity contribution in [2.24, 2.45) is 0 Å². The number of nitrogens with one attached hydrogen (secondary N) is 3. The number of urea groups is 1. The van der Waals surface area contributed by atoms with Crippen molar-refractivity contribution in [3.63, 3.8) is 0 Å². The summed E-state index contributed by atoms with van der Waals surface area (Å²) >= 11 is 0. The highest BCUT2D eigenvalue weighted by Crippen LogP contribution is 2.28. The van der Waals surface area contributed by atoms with Crippen molar-refractivity contribution >= 4 is 23.3 Å². The number of methoxy groups -OCH3 is 1. The number of carbonyl (C=O) groups excluding carboxylic acids is 2. The maximum atomic E-state index is 12.8. The Morgan fingerprint density at radius 3 is 2.63 bits per heavy atom. The first-order chi connectivity index (χ1) is 13.1. The van der Waals surface area contributed by atoms with E-state index in [9.17, 15) is 9.59 Å². The molecule has 3 rings (SSSR count). The van der Waals surface area contributed by atoms with Gasteiger partial charge in [-0.2, -0.15) is 0 Å². The molecule has 3 N–H and O–H groups in total. The number of rotatable bonds is 4. The van der Waals surface area contributed by atoms with E-state index in [0.29, 0.717) is 30.2 Å². The molecule has 1 fully saturated rings. The van der Waals surface area contributed by atoms with Crippen LogP contribution < -0.4 is 20.7 Å². The monoisotopic (exact) mass is 368 g/mol. The van der Waals surface area contributed by atoms with E-state index in [1.807, 2.05) is 18.2 Å². The molecule has 0 aliphatic carbocycles. The molecule has 1 saturated heterocycles. The third-order valence-electron chi connectivity index (χ3n) is 4.43. The lowest BCUT2D eigenvalue weighted by Crippen LogP contribution is -2.49. The summed E-state index contributed by atoms with van der Waals surface area (Å²) in [6.45, 7) is 3.34. The number of amides is 3. The van der Waals surface area contributed by atoms with Gasteiger partial charge >= 0.3 is 6.03 Å². The van der Waals surface area contributed by atoms with Crippen LogP contribution in [0.15, 0.2) is 48.5 Å². The number of anilines is 2. The van der Waals surface area contributed by atoms with E-state index in [1.54, 1.807) is 30.2 Å². The van der Waals surface area contributed by atoms with Gasteiger partial charge in [-0.3, -0.25) is 4.79 Å². The van der Waals surface area contributed by atoms with Gasteiger partial charge in [0, 0.05) is 32.2 Å². The number of hydrogen-bond acceptors (Lipinski definition) is 4. The van der Waals surface area contributed by atoms with Crippen molar-refractivity contribution in [2.75, 3.05) is 37.4 Å². The highest BCUT2D eigenvalue weighted by molar-refractivity contribution is 5.94. The minimum atomic E-state index is -0.198. The molecular weight excluding hydrogens is 344 g/mol. The van der Waals surface area contributed by atoms with E-state index in [2.05, 4.69) is 28.1 Å². The molecular formula is C20H24N4O3. The second kappa shape index (κ2) is 8.55. The molecule has 7 nitrogen and oxygen atoms in total. The number of benzene rings is 2. The zero-order valence-electron chi connectivity index (χ0n) is 15.5. The Morgan fingerprint density at radius 1 is 1.15 bits per heavy atom. The fraction of sp³-hybridized carbons (Fsp3) is 0.300. The van der Waals surface area contributed by atoms with Crippen LogP contribution in [-0.2, 0) is 4.79 Å². The number of carbonyl (C=O) groups is 2. The molecule has 142 valence electrons. The Balaban J connectivity index is 1.71. The molecule has 0 unspecified atom stereocenters. The SMILES string of the molecule is COc1ccc(NC(C)=O)cc1NC(=O)N1CCN[C@H](c2ccccc2)C1. The van der Waals surface area contributed by atoms with Gasteiger partial charge in [0.25, 0.3) is 0 Å². The number of nitrogens with zero attached hydrogens (tertiary/aromatic N) is 1. The van der Waals surface area contributed by atoms with Gasteiger partial charge in [0.2, 0.25) is 5.91 Å². The van der Waals surface area contributed by atoms with Gasteiger partial charge in [-0.25, -0.2) is 4.79 Å². The Hall–Kier alpha value is -3.06. The molecule has 1 heterocycles. The second-order valence-electron chi connectivity index (χ2n) is 6.39. The maximum absolute atomic E-state index is 12.8. The Labute approximate surface area is 158 Å². The number of ether oxygens (including phenoxy) is 1. The summed E-state index contributed by atoms with van der Waals surface area (Å²) in [4.78, 5) is 25.8. The summed E-state index contributed by atoms with van der Waals surface area (Å²) in [5, 5.41) is 9.05. The van der Waals surface area contributed by atoms with E-state index >= 15 is 0 Å². The Bertz CT molecular complexity index is 810. The molecule has 0 radical (unpaired) electrons. The van der Waals surface area contributed by atoms with Crippen LogP contribution in [0.25, 0.3) is 0 Å². The fourth-order valence-corrected chi connectivity index (χ4v) is 3.12. The molecule has 3 amide bonds. The van der Waals surface area contributed by atoms with Gasteiger partial charge in [-0.15, -0.1) is 0 Å². The molecule has 0 aromatic heterocycles. The molecule has 1 aliphatic rings. The van der Waals surface area contributed by atoms with Crippen LogP contribution in [0.2, 0.25) is 0 Å². The van der Waals surface area contributed by atoms with Crippen molar-refractivity contribution in [3.05, 3.63) is 54.1 Å². The summed E-state index contributed by atoms with van der Waals surface area (Å²) in [6, 6.07) is 15.1. The summed E-state index contributed by atoms with van der Waals surface area (Å²) in [5.41, 5.74) is 2.27. The molecule has 0 bridgehead atoms. The third-order valence-corrected chi connectivity index (χ3v) is 4.43. The normalized spacial score (nSPS) is 16.5. The lowest BCUT2D eigenvalue weighted by molar-refractivity contribution is -0.114. The van der Waals surface area contributed by atoms with Crippen molar-refractivity contribution in [2.45, 2.75) is 13.0 Å². The predicted octanol–water partition coefficient (Wildman–Crippen LogP) is 2.83. The minimum absolute atomic E-state index is 0.0957. The summed E-state index contributed by atoms with van der Waals surface area (Å²) in [7, 11) is 1.54. The third kappa shape index (κ3) is 4.77. The van der Waals surface area contributed by atoms with Crippen molar-refractivity contribution in [3.8, 4) is 5.75 Å². The van der Waals surface area contributed by atoms with E-state index in [1.165, 1.54) is 6.92 Å². The first-order valence-corrected chi connectivity index (χ1v) is 8.86. The minimum Gasteiger partial charge on any atom is -0.495 e. The predicted molar refractivity (Wildman–Crippen MR) is 105 cm³/mol. The average molecular weight is 368 g/mol. The smallest absolute Gasteiger partial charge is 0.322 e. The van der Waals surface area contributed by atoms with Gasteiger partial charge in [-0.05, 0) is 23.8 Å². The summed E-state index contributed by atoms with van der Waals surface area (Å²) in [5.74, 6) is 0.359. The van der Waals surface area contributed by atoms with Gasteiger partial charge < -0.3 is 25.6 Å². The van der Waals surface area contributed by atoms with E-state index in [0.717, 1.165) is 12.1 Å². The molecule has 0 saturated carbocycles. The molecule has 0 spiro atoms. The van der Waals surface area contributed by atoms with Gasteiger partial charge in [0.1, 0.15) is 5.75 Å². The second-order valence-corrected chi connectivity index (χ2v) is 6.39. The highest BCUT2D eigenvalue weighted by Gasteiger charge is 2.24. The summed E-state index contributed by atoms with van der Waals surface area (Å²) in [6.07, 6.45) is 0. The fourth-order valence-electron chi connectivity index (χ4n) is 3.12. The molecule has 2 aromatic carbocycles. The molecule has 1 atom stereocenters. The van der Waals surface area contributed by atoms with E-state index in [4.69, 9.17) is 4.74 Å². The van der Waals surface area contributed by atoms with Gasteiger partial charge in [-0.1, -0.05) is 30.3 Å². The van der Waals surface area contributed by atoms with Crippen LogP contribution in [0, 0.1) is 0 Å². The first kappa shape index (κ1) is 18.7. The molecule has 27 heavy (non-hydrogen) atoms. The lowest BCUT2D eigenvalue weighted by atomic mass is 10.0. The van der Waals surface area contributed by atoms with Crippen molar-refractivity contribution in [1.29, 1.82) is 0 Å². The number of hydrogen-bond donors (Lipinski definition) is 3. The van der Waals surface area contributed by atoms with Crippen LogP contribution in [0.1, 0.15) is 18.5 Å². The Morgan fingerprint density at radius 2 is 1.93 bits per heavy atom. The zero-order chi connectivity index (χ0) is 19.2. The van der Waals surface area contributed by atoms with Gasteiger partial charge in [0.05, 0.1) is 18.8 Å². The standard InChI is InChI=1S/C20H24N4O3/c1-14(25)22-16-8-9-19(27-2)17(12-16)23-20(26)24-11-10-21-18(13-24)15-6-4-3-5-7-15/h3-9,12,18,21H,10-11,13H2,1-2H3,(H,22,25)(H,23,26)/t18-/m0/s1. The molecule has 7 heteroatoms. The molecule has 1 aliphatic heterocycles. The average Bonchev–Trinajstić information content (AvgIpc) is 2.68. The van der Waals surface area contributed by atoms with Crippen molar-refractivity contribution < 1.29 is 14.3 Å². The zero-order valence-corrected chi connectivity index (χ0v) is 15.5. The van der Waals surface area contributed by atoms with Crippen molar-refractivity contribution in [1.82, 2.24) is 10.2 Å². The van der Waals surface area contributed by atoms with Crippen LogP contribution in [-0.4, -0.2) is 43.6 Å². The topological polar surface area (TPSA) is 82.7 Å². The van der Waals surface area contributed by atoms with E-state index < -0.39 is 0 Å². The van der Waals surface area contributed by atoms with E-state index in [-0.39, 0.29) is 18.0 Å². The first-order valence-electron chi connectivity index (χ1n) is 8.86. The van der Waals surface area contributed by atoms with Crippen LogP contribution >= 0.6 is 0 Å². The quantitative estimate of drug-likeness (QED) is 0.775. The molecule has 2 aromatic rings. The van der Waals surface area contributed by atoms with Crippen LogP contribution in [0.4, 0.5) is 16.2 Å². The van der Waals surface area contributed by atoms with Crippen LogP contribution in [0.3, 0.4) is 0 Å². The maximum Gasteiger partial charge on any atom is 0.322 e.